The van der Waals surface area contributed by atoms with Gasteiger partial charge in [-0.2, -0.15) is 13.2 Å². The molecule has 1 unspecified atom stereocenters. The minimum Gasteiger partial charge on any atom is -0.350 e. The molecule has 3 nitrogen and oxygen atoms in total. The summed E-state index contributed by atoms with van der Waals surface area (Å²) in [5.74, 6) is -0.470. The summed E-state index contributed by atoms with van der Waals surface area (Å²) in [6, 6.07) is 3.58. The van der Waals surface area contributed by atoms with E-state index in [2.05, 4.69) is 10.6 Å². The maximum atomic E-state index is 12.7. The Bertz CT molecular complexity index is 499. The third-order valence-electron chi connectivity index (χ3n) is 3.16. The van der Waals surface area contributed by atoms with Gasteiger partial charge < -0.3 is 10.6 Å². The number of nitrogens with one attached hydrogen (secondary N) is 2. The fourth-order valence-corrected chi connectivity index (χ4v) is 2.80. The van der Waals surface area contributed by atoms with Crippen LogP contribution in [0.5, 0.6) is 0 Å². The predicted molar refractivity (Wildman–Crippen MR) is 77.5 cm³/mol. The summed E-state index contributed by atoms with van der Waals surface area (Å²) in [7, 11) is 0. The van der Waals surface area contributed by atoms with Crippen LogP contribution in [0.1, 0.15) is 28.8 Å². The largest absolute Gasteiger partial charge is 0.416 e. The molecule has 0 bridgehead atoms. The van der Waals surface area contributed by atoms with Crippen LogP contribution < -0.4 is 10.6 Å². The molecular weight excluding hydrogens is 384 g/mol. The van der Waals surface area contributed by atoms with Gasteiger partial charge in [0.15, 0.2) is 0 Å². The van der Waals surface area contributed by atoms with E-state index in [4.69, 9.17) is 0 Å². The van der Waals surface area contributed by atoms with Gasteiger partial charge in [0.05, 0.1) is 5.56 Å². The van der Waals surface area contributed by atoms with E-state index in [9.17, 15) is 18.0 Å². The minimum atomic E-state index is -4.44. The molecule has 1 fully saturated rings. The molecule has 0 aliphatic carbocycles. The maximum Gasteiger partial charge on any atom is 0.416 e. The zero-order valence-corrected chi connectivity index (χ0v) is 12.7. The van der Waals surface area contributed by atoms with Crippen molar-refractivity contribution in [2.24, 2.45) is 0 Å². The van der Waals surface area contributed by atoms with Gasteiger partial charge in [0.1, 0.15) is 0 Å². The maximum absolute atomic E-state index is 12.7. The molecule has 0 aromatic heterocycles. The molecule has 1 saturated heterocycles. The van der Waals surface area contributed by atoms with E-state index in [1.807, 2.05) is 0 Å². The normalized spacial score (nSPS) is 19.1. The molecule has 7 heteroatoms. The highest BCUT2D eigenvalue weighted by Gasteiger charge is 2.31. The standard InChI is InChI=1S/C13H14F3IN2O/c14-13(15,16)9-4-8(5-10(17)6-9)12(20)19-7-11-2-1-3-18-11/h4-6,11,18H,1-3,7H2,(H,19,20). The molecule has 0 saturated carbocycles. The van der Waals surface area contributed by atoms with Crippen LogP contribution in [0, 0.1) is 3.57 Å². The predicted octanol–water partition coefficient (Wildman–Crippen LogP) is 2.79. The van der Waals surface area contributed by atoms with Gasteiger partial charge in [0, 0.05) is 21.7 Å². The van der Waals surface area contributed by atoms with Crippen molar-refractivity contribution < 1.29 is 18.0 Å². The van der Waals surface area contributed by atoms with Crippen LogP contribution in [-0.2, 0) is 6.18 Å². The van der Waals surface area contributed by atoms with Crippen molar-refractivity contribution in [3.8, 4) is 0 Å². The smallest absolute Gasteiger partial charge is 0.350 e. The number of alkyl halides is 3. The lowest BCUT2D eigenvalue weighted by Crippen LogP contribution is -2.37. The molecule has 1 aromatic carbocycles. The van der Waals surface area contributed by atoms with E-state index in [1.165, 1.54) is 6.07 Å². The molecule has 110 valence electrons. The van der Waals surface area contributed by atoms with Gasteiger partial charge >= 0.3 is 6.18 Å². The van der Waals surface area contributed by atoms with Gasteiger partial charge in [-0.25, -0.2) is 0 Å². The molecule has 1 aromatic rings. The molecule has 2 rings (SSSR count). The van der Waals surface area contributed by atoms with Crippen LogP contribution >= 0.6 is 22.6 Å². The van der Waals surface area contributed by atoms with Crippen molar-refractivity contribution in [3.05, 3.63) is 32.9 Å². The van der Waals surface area contributed by atoms with E-state index in [-0.39, 0.29) is 11.6 Å². The van der Waals surface area contributed by atoms with Crippen molar-refractivity contribution in [3.63, 3.8) is 0 Å². The zero-order valence-electron chi connectivity index (χ0n) is 10.6. The number of amides is 1. The first-order chi connectivity index (χ1) is 9.36. The first-order valence-corrected chi connectivity index (χ1v) is 7.33. The second-order valence-electron chi connectivity index (χ2n) is 4.73. The Labute approximate surface area is 128 Å². The minimum absolute atomic E-state index is 0.0437. The molecule has 1 aliphatic rings. The number of hydrogen-bond acceptors (Lipinski definition) is 2. The lowest BCUT2D eigenvalue weighted by molar-refractivity contribution is -0.137. The van der Waals surface area contributed by atoms with Crippen LogP contribution in [-0.4, -0.2) is 25.0 Å². The number of carbonyl (C=O) groups excluding carboxylic acids is 1. The fourth-order valence-electron chi connectivity index (χ4n) is 2.13. The van der Waals surface area contributed by atoms with E-state index in [1.54, 1.807) is 22.6 Å². The van der Waals surface area contributed by atoms with Gasteiger partial charge in [-0.1, -0.05) is 0 Å². The Balaban J connectivity index is 2.07. The number of benzene rings is 1. The highest BCUT2D eigenvalue weighted by atomic mass is 127. The van der Waals surface area contributed by atoms with E-state index in [0.29, 0.717) is 10.1 Å². The van der Waals surface area contributed by atoms with E-state index >= 15 is 0 Å². The molecule has 2 N–H and O–H groups in total. The Kier molecular flexibility index (Phi) is 4.90. The van der Waals surface area contributed by atoms with Crippen LogP contribution in [0.2, 0.25) is 0 Å². The monoisotopic (exact) mass is 398 g/mol. The van der Waals surface area contributed by atoms with Gasteiger partial charge in [-0.3, -0.25) is 4.79 Å². The summed E-state index contributed by atoms with van der Waals surface area (Å²) in [5, 5.41) is 5.89. The van der Waals surface area contributed by atoms with Crippen LogP contribution in [0.15, 0.2) is 18.2 Å². The number of halogens is 4. The SMILES string of the molecule is O=C(NCC1CCCN1)c1cc(I)cc(C(F)(F)F)c1. The van der Waals surface area contributed by atoms with Gasteiger partial charge in [-0.15, -0.1) is 0 Å². The highest BCUT2D eigenvalue weighted by molar-refractivity contribution is 14.1. The first kappa shape index (κ1) is 15.6. The summed E-state index contributed by atoms with van der Waals surface area (Å²) in [5.41, 5.74) is -0.754. The summed E-state index contributed by atoms with van der Waals surface area (Å²) in [6.45, 7) is 1.35. The van der Waals surface area contributed by atoms with Crippen molar-refractivity contribution >= 4 is 28.5 Å². The molecule has 0 spiro atoms. The topological polar surface area (TPSA) is 41.1 Å². The Morgan fingerprint density at radius 3 is 2.75 bits per heavy atom. The van der Waals surface area contributed by atoms with Crippen molar-refractivity contribution in [2.45, 2.75) is 25.1 Å². The summed E-state index contributed by atoms with van der Waals surface area (Å²) < 4.78 is 38.5. The van der Waals surface area contributed by atoms with Crippen LogP contribution in [0.3, 0.4) is 0 Å². The summed E-state index contributed by atoms with van der Waals surface area (Å²) in [6.07, 6.45) is -2.41. The average molecular weight is 398 g/mol. The third-order valence-corrected chi connectivity index (χ3v) is 3.78. The van der Waals surface area contributed by atoms with Crippen molar-refractivity contribution in [1.29, 1.82) is 0 Å². The molecule has 1 amide bonds. The van der Waals surface area contributed by atoms with Crippen LogP contribution in [0.4, 0.5) is 13.2 Å². The lowest BCUT2D eigenvalue weighted by Gasteiger charge is -2.13. The van der Waals surface area contributed by atoms with Crippen LogP contribution in [0.25, 0.3) is 0 Å². The van der Waals surface area contributed by atoms with Gasteiger partial charge in [0.2, 0.25) is 0 Å². The number of rotatable bonds is 3. The molecular formula is C13H14F3IN2O. The summed E-state index contributed by atoms with van der Waals surface area (Å²) >= 11 is 1.78. The van der Waals surface area contributed by atoms with Gasteiger partial charge in [0.25, 0.3) is 5.91 Å². The fraction of sp³-hybridized carbons (Fsp3) is 0.462. The van der Waals surface area contributed by atoms with Crippen molar-refractivity contribution in [1.82, 2.24) is 10.6 Å². The molecule has 1 aliphatic heterocycles. The Hall–Kier alpha value is -0.830. The second kappa shape index (κ2) is 6.30. The molecule has 1 heterocycles. The quantitative estimate of drug-likeness (QED) is 0.770. The zero-order chi connectivity index (χ0) is 14.8. The molecule has 0 radical (unpaired) electrons. The lowest BCUT2D eigenvalue weighted by atomic mass is 10.1. The average Bonchev–Trinajstić information content (AvgIpc) is 2.87. The van der Waals surface area contributed by atoms with Gasteiger partial charge in [-0.05, 0) is 60.2 Å². The number of hydrogen-bond donors (Lipinski definition) is 2. The molecule has 1 atom stereocenters. The number of carbonyl (C=O) groups is 1. The van der Waals surface area contributed by atoms with Crippen molar-refractivity contribution in [2.75, 3.05) is 13.1 Å². The second-order valence-corrected chi connectivity index (χ2v) is 5.98. The summed E-state index contributed by atoms with van der Waals surface area (Å²) in [4.78, 5) is 11.9. The first-order valence-electron chi connectivity index (χ1n) is 6.25. The third kappa shape index (κ3) is 4.08. The Morgan fingerprint density at radius 2 is 2.15 bits per heavy atom. The molecule has 20 heavy (non-hydrogen) atoms. The van der Waals surface area contributed by atoms with E-state index in [0.717, 1.165) is 31.5 Å². The Morgan fingerprint density at radius 1 is 1.40 bits per heavy atom. The highest BCUT2D eigenvalue weighted by Crippen LogP contribution is 2.31. The van der Waals surface area contributed by atoms with E-state index < -0.39 is 17.6 Å².